The Labute approximate surface area is 155 Å². The second kappa shape index (κ2) is 6.86. The Bertz CT molecular complexity index is 832. The summed E-state index contributed by atoms with van der Waals surface area (Å²) in [6.45, 7) is 2.95. The second-order valence-corrected chi connectivity index (χ2v) is 7.63. The van der Waals surface area contributed by atoms with E-state index < -0.39 is 0 Å². The fourth-order valence-corrected chi connectivity index (χ4v) is 4.49. The van der Waals surface area contributed by atoms with E-state index in [0.29, 0.717) is 19.0 Å². The Morgan fingerprint density at radius 2 is 2.04 bits per heavy atom. The molecule has 4 rings (SSSR count). The molecule has 4 N–H and O–H groups in total. The number of carbonyl (C=O) groups excluding carboxylic acids is 1. The molecule has 4 nitrogen and oxygen atoms in total. The molecule has 4 heteroatoms. The van der Waals surface area contributed by atoms with Crippen molar-refractivity contribution in [2.75, 3.05) is 11.9 Å². The van der Waals surface area contributed by atoms with Crippen molar-refractivity contribution >= 4 is 11.6 Å². The Balaban J connectivity index is 1.55. The van der Waals surface area contributed by atoms with Crippen molar-refractivity contribution in [2.45, 2.75) is 50.6 Å². The summed E-state index contributed by atoms with van der Waals surface area (Å²) >= 11 is 0. The van der Waals surface area contributed by atoms with Gasteiger partial charge in [-0.05, 0) is 67.1 Å². The van der Waals surface area contributed by atoms with E-state index in [2.05, 4.69) is 54.0 Å². The predicted molar refractivity (Wildman–Crippen MR) is 105 cm³/mol. The summed E-state index contributed by atoms with van der Waals surface area (Å²) in [6.07, 6.45) is 4.43. The maximum Gasteiger partial charge on any atom is 0.224 e. The van der Waals surface area contributed by atoms with E-state index in [9.17, 15) is 4.79 Å². The highest BCUT2D eigenvalue weighted by Crippen LogP contribution is 2.48. The molecular weight excluding hydrogens is 322 g/mol. The molecule has 1 amide bonds. The van der Waals surface area contributed by atoms with Crippen molar-refractivity contribution in [1.29, 1.82) is 0 Å². The number of nitrogens with one attached hydrogen (secondary N) is 2. The first-order chi connectivity index (χ1) is 12.6. The molecule has 2 aliphatic heterocycles. The van der Waals surface area contributed by atoms with Gasteiger partial charge in [0.25, 0.3) is 0 Å². The van der Waals surface area contributed by atoms with E-state index in [-0.39, 0.29) is 11.4 Å². The van der Waals surface area contributed by atoms with Crippen molar-refractivity contribution in [3.63, 3.8) is 0 Å². The van der Waals surface area contributed by atoms with Gasteiger partial charge >= 0.3 is 0 Å². The Kier molecular flexibility index (Phi) is 4.55. The van der Waals surface area contributed by atoms with Crippen LogP contribution in [0.5, 0.6) is 0 Å². The topological polar surface area (TPSA) is 67.1 Å². The molecule has 2 aliphatic rings. The van der Waals surface area contributed by atoms with Crippen LogP contribution >= 0.6 is 0 Å². The summed E-state index contributed by atoms with van der Waals surface area (Å²) in [5.74, 6) is 0.0839. The van der Waals surface area contributed by atoms with Gasteiger partial charge in [0.2, 0.25) is 5.91 Å². The van der Waals surface area contributed by atoms with Gasteiger partial charge in [-0.2, -0.15) is 0 Å². The third kappa shape index (κ3) is 2.93. The number of carbonyl (C=O) groups is 1. The molecule has 2 unspecified atom stereocenters. The molecule has 2 heterocycles. The van der Waals surface area contributed by atoms with E-state index in [1.54, 1.807) is 0 Å². The minimum absolute atomic E-state index is 0.0839. The first-order valence-corrected chi connectivity index (χ1v) is 9.62. The lowest BCUT2D eigenvalue weighted by Crippen LogP contribution is -2.41. The monoisotopic (exact) mass is 349 g/mol. The third-order valence-corrected chi connectivity index (χ3v) is 5.80. The lowest BCUT2D eigenvalue weighted by Gasteiger charge is -2.35. The van der Waals surface area contributed by atoms with Crippen molar-refractivity contribution in [3.05, 3.63) is 64.7 Å². The van der Waals surface area contributed by atoms with Crippen molar-refractivity contribution in [2.24, 2.45) is 5.73 Å². The fraction of sp³-hybridized carbons (Fsp3) is 0.409. The van der Waals surface area contributed by atoms with Crippen LogP contribution in [0.2, 0.25) is 0 Å². The van der Waals surface area contributed by atoms with E-state index in [1.807, 2.05) is 6.07 Å². The van der Waals surface area contributed by atoms with Gasteiger partial charge in [-0.25, -0.2) is 0 Å². The molecule has 0 aromatic heterocycles. The van der Waals surface area contributed by atoms with Crippen molar-refractivity contribution in [1.82, 2.24) is 5.32 Å². The van der Waals surface area contributed by atoms with Crippen LogP contribution in [-0.4, -0.2) is 12.5 Å². The first kappa shape index (κ1) is 17.3. The highest BCUT2D eigenvalue weighted by molar-refractivity contribution is 5.90. The average Bonchev–Trinajstić information content (AvgIpc) is 2.89. The summed E-state index contributed by atoms with van der Waals surface area (Å²) in [7, 11) is 0. The van der Waals surface area contributed by atoms with Crippen LogP contribution in [-0.2, 0) is 16.8 Å². The smallest absolute Gasteiger partial charge is 0.224 e. The van der Waals surface area contributed by atoms with Crippen LogP contribution in [0.3, 0.4) is 0 Å². The van der Waals surface area contributed by atoms with Gasteiger partial charge < -0.3 is 11.1 Å². The average molecular weight is 349 g/mol. The number of fused-ring (bicyclic) bond motifs is 7. The van der Waals surface area contributed by atoms with Gasteiger partial charge in [-0.15, -0.1) is 0 Å². The molecule has 2 bridgehead atoms. The predicted octanol–water partition coefficient (Wildman–Crippen LogP) is 3.61. The molecule has 0 saturated heterocycles. The minimum Gasteiger partial charge on any atom is -0.330 e. The number of hydrogen-bond acceptors (Lipinski definition) is 3. The van der Waals surface area contributed by atoms with Crippen LogP contribution in [0.25, 0.3) is 0 Å². The van der Waals surface area contributed by atoms with Gasteiger partial charge in [-0.1, -0.05) is 36.8 Å². The molecule has 0 spiro atoms. The highest BCUT2D eigenvalue weighted by atomic mass is 16.1. The molecule has 0 radical (unpaired) electrons. The van der Waals surface area contributed by atoms with E-state index in [1.165, 1.54) is 22.3 Å². The van der Waals surface area contributed by atoms with Gasteiger partial charge in [0, 0.05) is 18.2 Å². The molecule has 0 aliphatic carbocycles. The zero-order valence-electron chi connectivity index (χ0n) is 15.3. The summed E-state index contributed by atoms with van der Waals surface area (Å²) in [5.41, 5.74) is 11.6. The summed E-state index contributed by atoms with van der Waals surface area (Å²) < 4.78 is 0. The normalized spacial score (nSPS) is 22.6. The third-order valence-electron chi connectivity index (χ3n) is 5.80. The number of anilines is 1. The lowest BCUT2D eigenvalue weighted by molar-refractivity contribution is -0.116. The van der Waals surface area contributed by atoms with Gasteiger partial charge in [0.15, 0.2) is 0 Å². The summed E-state index contributed by atoms with van der Waals surface area (Å²) in [5, 5.41) is 6.86. The molecule has 0 fully saturated rings. The van der Waals surface area contributed by atoms with Crippen molar-refractivity contribution in [3.8, 4) is 0 Å². The molecule has 2 atom stereocenters. The van der Waals surface area contributed by atoms with E-state index >= 15 is 0 Å². The number of benzene rings is 2. The van der Waals surface area contributed by atoms with Crippen LogP contribution in [0.4, 0.5) is 5.69 Å². The molecule has 26 heavy (non-hydrogen) atoms. The zero-order valence-corrected chi connectivity index (χ0v) is 15.3. The number of nitrogens with two attached hydrogens (primary N) is 1. The highest BCUT2D eigenvalue weighted by Gasteiger charge is 2.45. The second-order valence-electron chi connectivity index (χ2n) is 7.63. The molecular formula is C22H27N3O. The maximum atomic E-state index is 12.2. The Morgan fingerprint density at radius 1 is 1.19 bits per heavy atom. The Morgan fingerprint density at radius 3 is 2.88 bits per heavy atom. The largest absolute Gasteiger partial charge is 0.330 e. The van der Waals surface area contributed by atoms with Gasteiger partial charge in [0.1, 0.15) is 0 Å². The fourth-order valence-electron chi connectivity index (χ4n) is 4.49. The minimum atomic E-state index is -0.184. The number of unbranched alkanes of at least 4 members (excludes halogenated alkanes) is 2. The van der Waals surface area contributed by atoms with Crippen LogP contribution in [0, 0.1) is 0 Å². The lowest BCUT2D eigenvalue weighted by atomic mass is 9.82. The summed E-state index contributed by atoms with van der Waals surface area (Å²) in [4.78, 5) is 12.2. The number of hydrogen-bond donors (Lipinski definition) is 3. The first-order valence-electron chi connectivity index (χ1n) is 9.62. The van der Waals surface area contributed by atoms with Crippen molar-refractivity contribution < 1.29 is 4.79 Å². The Hall–Kier alpha value is -2.17. The summed E-state index contributed by atoms with van der Waals surface area (Å²) in [6, 6.07) is 15.4. The van der Waals surface area contributed by atoms with Crippen LogP contribution in [0.15, 0.2) is 42.5 Å². The SMILES string of the molecule is CC12NC(Cc3ccc(NC(=O)CCCCCN)cc31)c1ccccc12. The molecule has 2 aromatic rings. The standard InChI is InChI=1S/C22H27N3O/c1-22-18-8-5-4-7-17(18)20(25-22)13-15-10-11-16(14-19(15)22)24-21(26)9-3-2-6-12-23/h4-5,7-8,10-11,14,20,25H,2-3,6,9,12-13,23H2,1H3,(H,24,26). The molecule has 136 valence electrons. The van der Waals surface area contributed by atoms with E-state index in [0.717, 1.165) is 31.4 Å². The quantitative estimate of drug-likeness (QED) is 0.698. The molecule has 0 saturated carbocycles. The van der Waals surface area contributed by atoms with Gasteiger partial charge in [0.05, 0.1) is 5.54 Å². The van der Waals surface area contributed by atoms with E-state index in [4.69, 9.17) is 5.73 Å². The van der Waals surface area contributed by atoms with Crippen LogP contribution < -0.4 is 16.4 Å². The van der Waals surface area contributed by atoms with Crippen LogP contribution in [0.1, 0.15) is 60.9 Å². The zero-order chi connectivity index (χ0) is 18.1. The van der Waals surface area contributed by atoms with Gasteiger partial charge in [-0.3, -0.25) is 10.1 Å². The number of rotatable bonds is 6. The molecule has 2 aromatic carbocycles. The maximum absolute atomic E-state index is 12.2. The number of amides is 1.